The van der Waals surface area contributed by atoms with Crippen molar-refractivity contribution in [2.75, 3.05) is 5.73 Å². The van der Waals surface area contributed by atoms with Gasteiger partial charge in [0.05, 0.1) is 5.02 Å². The Kier molecular flexibility index (Phi) is 3.40. The first-order valence-electron chi connectivity index (χ1n) is 6.31. The Balaban J connectivity index is 2.00. The summed E-state index contributed by atoms with van der Waals surface area (Å²) in [5.74, 6) is 0.488. The minimum Gasteiger partial charge on any atom is -0.383 e. The van der Waals surface area contributed by atoms with Crippen LogP contribution in [0, 0.1) is 0 Å². The molecule has 3 aromatic rings. The SMILES string of the molecule is Nc1ncc(Cl)cc1-c1ccc(-c2ccccc2)cc1. The number of nitrogen functional groups attached to an aromatic ring is 1. The van der Waals surface area contributed by atoms with E-state index in [1.54, 1.807) is 6.20 Å². The molecule has 0 amide bonds. The maximum absolute atomic E-state index is 5.98. The maximum atomic E-state index is 5.98. The summed E-state index contributed by atoms with van der Waals surface area (Å²) in [5, 5.41) is 0.585. The summed E-state index contributed by atoms with van der Waals surface area (Å²) in [7, 11) is 0. The fourth-order valence-corrected chi connectivity index (χ4v) is 2.31. The second-order valence-corrected chi connectivity index (χ2v) is 4.97. The van der Waals surface area contributed by atoms with Gasteiger partial charge in [0.15, 0.2) is 0 Å². The highest BCUT2D eigenvalue weighted by molar-refractivity contribution is 6.30. The molecule has 3 heteroatoms. The monoisotopic (exact) mass is 280 g/mol. The number of pyridine rings is 1. The molecule has 0 unspecified atom stereocenters. The van der Waals surface area contributed by atoms with Crippen molar-refractivity contribution in [2.45, 2.75) is 0 Å². The lowest BCUT2D eigenvalue weighted by Crippen LogP contribution is -1.93. The number of halogens is 1. The fourth-order valence-electron chi connectivity index (χ4n) is 2.15. The van der Waals surface area contributed by atoms with Crippen molar-refractivity contribution in [1.82, 2.24) is 4.98 Å². The molecule has 98 valence electrons. The molecule has 20 heavy (non-hydrogen) atoms. The van der Waals surface area contributed by atoms with E-state index < -0.39 is 0 Å². The van der Waals surface area contributed by atoms with Gasteiger partial charge in [0.1, 0.15) is 5.82 Å². The largest absolute Gasteiger partial charge is 0.383 e. The molecule has 1 heterocycles. The lowest BCUT2D eigenvalue weighted by atomic mass is 10.0. The minimum absolute atomic E-state index is 0.488. The molecule has 3 rings (SSSR count). The van der Waals surface area contributed by atoms with Crippen molar-refractivity contribution < 1.29 is 0 Å². The van der Waals surface area contributed by atoms with Gasteiger partial charge in [0, 0.05) is 11.8 Å². The van der Waals surface area contributed by atoms with Crippen LogP contribution in [0.3, 0.4) is 0 Å². The molecule has 0 atom stereocenters. The van der Waals surface area contributed by atoms with E-state index >= 15 is 0 Å². The molecule has 0 radical (unpaired) electrons. The predicted octanol–water partition coefficient (Wildman–Crippen LogP) is 4.65. The molecule has 0 fully saturated rings. The first-order valence-corrected chi connectivity index (χ1v) is 6.69. The summed E-state index contributed by atoms with van der Waals surface area (Å²) in [6, 6.07) is 20.3. The van der Waals surface area contributed by atoms with E-state index in [-0.39, 0.29) is 0 Å². The summed E-state index contributed by atoms with van der Waals surface area (Å²) < 4.78 is 0. The van der Waals surface area contributed by atoms with Gasteiger partial charge in [-0.15, -0.1) is 0 Å². The van der Waals surface area contributed by atoms with Crippen molar-refractivity contribution in [3.8, 4) is 22.3 Å². The average Bonchev–Trinajstić information content (AvgIpc) is 2.51. The van der Waals surface area contributed by atoms with Gasteiger partial charge in [-0.1, -0.05) is 66.2 Å². The first kappa shape index (κ1) is 12.7. The van der Waals surface area contributed by atoms with Crippen LogP contribution < -0.4 is 5.73 Å². The Bertz CT molecular complexity index is 722. The van der Waals surface area contributed by atoms with Gasteiger partial charge >= 0.3 is 0 Å². The Morgan fingerprint density at radius 1 is 0.800 bits per heavy atom. The normalized spacial score (nSPS) is 10.4. The van der Waals surface area contributed by atoms with Gasteiger partial charge in [-0.3, -0.25) is 0 Å². The summed E-state index contributed by atoms with van der Waals surface area (Å²) in [4.78, 5) is 4.08. The molecule has 2 aromatic carbocycles. The molecule has 2 nitrogen and oxygen atoms in total. The minimum atomic E-state index is 0.488. The molecule has 0 aliphatic heterocycles. The summed E-state index contributed by atoms with van der Waals surface area (Å²) >= 11 is 5.98. The third-order valence-electron chi connectivity index (χ3n) is 3.19. The molecule has 0 aliphatic rings. The maximum Gasteiger partial charge on any atom is 0.131 e. The van der Waals surface area contributed by atoms with Crippen LogP contribution >= 0.6 is 11.6 Å². The van der Waals surface area contributed by atoms with Gasteiger partial charge in [-0.25, -0.2) is 4.98 Å². The lowest BCUT2D eigenvalue weighted by Gasteiger charge is -2.07. The van der Waals surface area contributed by atoms with E-state index in [2.05, 4.69) is 29.2 Å². The number of nitrogens with two attached hydrogens (primary N) is 1. The van der Waals surface area contributed by atoms with Crippen molar-refractivity contribution in [3.05, 3.63) is 71.9 Å². The first-order chi connectivity index (χ1) is 9.74. The van der Waals surface area contributed by atoms with Crippen molar-refractivity contribution in [1.29, 1.82) is 0 Å². The number of benzene rings is 2. The lowest BCUT2D eigenvalue weighted by molar-refractivity contribution is 1.34. The molecule has 1 aromatic heterocycles. The smallest absolute Gasteiger partial charge is 0.131 e. The Hall–Kier alpha value is -2.32. The Labute approximate surface area is 122 Å². The van der Waals surface area contributed by atoms with Gasteiger partial charge in [-0.2, -0.15) is 0 Å². The van der Waals surface area contributed by atoms with Crippen LogP contribution in [0.1, 0.15) is 0 Å². The van der Waals surface area contributed by atoms with Gasteiger partial charge in [-0.05, 0) is 22.8 Å². The van der Waals surface area contributed by atoms with Crippen molar-refractivity contribution in [2.24, 2.45) is 0 Å². The van der Waals surface area contributed by atoms with E-state index in [4.69, 9.17) is 17.3 Å². The zero-order valence-electron chi connectivity index (χ0n) is 10.8. The number of aromatic nitrogens is 1. The van der Waals surface area contributed by atoms with Crippen LogP contribution in [0.15, 0.2) is 66.9 Å². The highest BCUT2D eigenvalue weighted by Crippen LogP contribution is 2.29. The van der Waals surface area contributed by atoms with E-state index in [0.717, 1.165) is 11.1 Å². The number of nitrogens with zero attached hydrogens (tertiary/aromatic N) is 1. The Morgan fingerprint density at radius 2 is 1.40 bits per heavy atom. The highest BCUT2D eigenvalue weighted by atomic mass is 35.5. The van der Waals surface area contributed by atoms with Gasteiger partial charge < -0.3 is 5.73 Å². The third kappa shape index (κ3) is 2.51. The molecular weight excluding hydrogens is 268 g/mol. The summed E-state index contributed by atoms with van der Waals surface area (Å²) in [6.07, 6.45) is 1.55. The van der Waals surface area contributed by atoms with Crippen molar-refractivity contribution >= 4 is 17.4 Å². The van der Waals surface area contributed by atoms with Crippen LogP contribution in [0.5, 0.6) is 0 Å². The van der Waals surface area contributed by atoms with E-state index in [1.807, 2.05) is 36.4 Å². The van der Waals surface area contributed by atoms with Crippen LogP contribution in [0.4, 0.5) is 5.82 Å². The zero-order chi connectivity index (χ0) is 13.9. The molecule has 2 N–H and O–H groups in total. The molecule has 0 aliphatic carbocycles. The van der Waals surface area contributed by atoms with Gasteiger partial charge in [0.25, 0.3) is 0 Å². The number of anilines is 1. The predicted molar refractivity (Wildman–Crippen MR) is 84.5 cm³/mol. The van der Waals surface area contributed by atoms with Crippen LogP contribution in [-0.2, 0) is 0 Å². The van der Waals surface area contributed by atoms with Crippen LogP contribution in [0.2, 0.25) is 5.02 Å². The summed E-state index contributed by atoms with van der Waals surface area (Å²) in [5.41, 5.74) is 10.1. The number of rotatable bonds is 2. The second kappa shape index (κ2) is 5.35. The van der Waals surface area contributed by atoms with Crippen molar-refractivity contribution in [3.63, 3.8) is 0 Å². The van der Waals surface area contributed by atoms with E-state index in [0.29, 0.717) is 10.8 Å². The molecular formula is C17H13ClN2. The van der Waals surface area contributed by atoms with E-state index in [1.165, 1.54) is 11.1 Å². The fraction of sp³-hybridized carbons (Fsp3) is 0. The van der Waals surface area contributed by atoms with Crippen LogP contribution in [0.25, 0.3) is 22.3 Å². The quantitative estimate of drug-likeness (QED) is 0.742. The van der Waals surface area contributed by atoms with Crippen LogP contribution in [-0.4, -0.2) is 4.98 Å². The third-order valence-corrected chi connectivity index (χ3v) is 3.39. The average molecular weight is 281 g/mol. The molecule has 0 saturated carbocycles. The second-order valence-electron chi connectivity index (χ2n) is 4.53. The number of hydrogen-bond acceptors (Lipinski definition) is 2. The topological polar surface area (TPSA) is 38.9 Å². The van der Waals surface area contributed by atoms with E-state index in [9.17, 15) is 0 Å². The molecule has 0 spiro atoms. The number of hydrogen-bond donors (Lipinski definition) is 1. The molecule has 0 saturated heterocycles. The zero-order valence-corrected chi connectivity index (χ0v) is 11.5. The standard InChI is InChI=1S/C17H13ClN2/c18-15-10-16(17(19)20-11-15)14-8-6-13(7-9-14)12-4-2-1-3-5-12/h1-11H,(H2,19,20). The molecule has 0 bridgehead atoms. The summed E-state index contributed by atoms with van der Waals surface area (Å²) in [6.45, 7) is 0. The van der Waals surface area contributed by atoms with Gasteiger partial charge in [0.2, 0.25) is 0 Å². The highest BCUT2D eigenvalue weighted by Gasteiger charge is 2.05. The Morgan fingerprint density at radius 3 is 2.10 bits per heavy atom.